The monoisotopic (exact) mass is 290 g/mol. The third-order valence-electron chi connectivity index (χ3n) is 3.72. The van der Waals surface area contributed by atoms with Gasteiger partial charge in [-0.05, 0) is 25.0 Å². The first-order chi connectivity index (χ1) is 9.93. The second-order valence-corrected chi connectivity index (χ2v) is 5.14. The molecule has 112 valence electrons. The van der Waals surface area contributed by atoms with Gasteiger partial charge in [-0.25, -0.2) is 0 Å². The zero-order valence-electron chi connectivity index (χ0n) is 12.0. The summed E-state index contributed by atoms with van der Waals surface area (Å²) in [6.45, 7) is 3.84. The molecule has 2 amide bonds. The molecule has 0 spiro atoms. The van der Waals surface area contributed by atoms with E-state index in [1.54, 1.807) is 12.1 Å². The fourth-order valence-electron chi connectivity index (χ4n) is 2.46. The summed E-state index contributed by atoms with van der Waals surface area (Å²) in [5.41, 5.74) is 1.61. The first-order valence-electron chi connectivity index (χ1n) is 6.80. The Labute approximate surface area is 122 Å². The molecule has 1 heterocycles. The van der Waals surface area contributed by atoms with Gasteiger partial charge < -0.3 is 15.3 Å². The average Bonchev–Trinajstić information content (AvgIpc) is 2.46. The molecule has 0 aromatic heterocycles. The third-order valence-corrected chi connectivity index (χ3v) is 3.72. The van der Waals surface area contributed by atoms with Crippen molar-refractivity contribution in [2.24, 2.45) is 5.92 Å². The van der Waals surface area contributed by atoms with Gasteiger partial charge in [0.25, 0.3) is 0 Å². The molecule has 2 atom stereocenters. The summed E-state index contributed by atoms with van der Waals surface area (Å²) >= 11 is 0. The van der Waals surface area contributed by atoms with Crippen molar-refractivity contribution in [3.05, 3.63) is 35.4 Å². The minimum absolute atomic E-state index is 0.276. The largest absolute Gasteiger partial charge is 0.481 e. The van der Waals surface area contributed by atoms with Gasteiger partial charge in [0.1, 0.15) is 12.0 Å². The lowest BCUT2D eigenvalue weighted by molar-refractivity contribution is -0.155. The maximum atomic E-state index is 12.3. The van der Waals surface area contributed by atoms with Crippen molar-refractivity contribution in [3.8, 4) is 0 Å². The Hall–Kier alpha value is -2.37. The molecule has 2 N–H and O–H groups in total. The van der Waals surface area contributed by atoms with Crippen LogP contribution < -0.4 is 5.32 Å². The maximum Gasteiger partial charge on any atom is 0.315 e. The van der Waals surface area contributed by atoms with Gasteiger partial charge in [0.05, 0.1) is 0 Å². The van der Waals surface area contributed by atoms with E-state index in [1.807, 2.05) is 19.1 Å². The number of nitrogens with zero attached hydrogens (tertiary/aromatic N) is 1. The fraction of sp³-hybridized carbons (Fsp3) is 0.400. The minimum atomic E-state index is -1.19. The molecular weight excluding hydrogens is 272 g/mol. The smallest absolute Gasteiger partial charge is 0.315 e. The van der Waals surface area contributed by atoms with Crippen LogP contribution in [0.2, 0.25) is 0 Å². The molecule has 6 heteroatoms. The van der Waals surface area contributed by atoms with Crippen molar-refractivity contribution in [3.63, 3.8) is 0 Å². The topological polar surface area (TPSA) is 86.7 Å². The van der Waals surface area contributed by atoms with Gasteiger partial charge >= 0.3 is 5.97 Å². The van der Waals surface area contributed by atoms with E-state index in [4.69, 9.17) is 5.11 Å². The van der Waals surface area contributed by atoms with Crippen LogP contribution in [-0.2, 0) is 14.4 Å². The second kappa shape index (κ2) is 5.95. The van der Waals surface area contributed by atoms with Crippen LogP contribution in [0.25, 0.3) is 0 Å². The van der Waals surface area contributed by atoms with Crippen molar-refractivity contribution in [1.82, 2.24) is 10.2 Å². The van der Waals surface area contributed by atoms with Crippen LogP contribution in [0.5, 0.6) is 0 Å². The standard InChI is InChI=1S/C15H18N2O4/c1-9-5-3-4-6-11(9)12-13(18)16-7-8-17(12)14(19)10(2)15(20)21/h3-6,10,12H,7-8H2,1-2H3,(H,16,18)(H,20,21). The number of piperazine rings is 1. The molecule has 1 aliphatic heterocycles. The normalized spacial score (nSPS) is 19.8. The summed E-state index contributed by atoms with van der Waals surface area (Å²) in [4.78, 5) is 36.9. The molecule has 1 aromatic carbocycles. The second-order valence-electron chi connectivity index (χ2n) is 5.14. The number of hydrogen-bond acceptors (Lipinski definition) is 3. The number of rotatable bonds is 3. The zero-order valence-corrected chi connectivity index (χ0v) is 12.0. The van der Waals surface area contributed by atoms with Crippen LogP contribution in [0, 0.1) is 12.8 Å². The van der Waals surface area contributed by atoms with Gasteiger partial charge in [0.2, 0.25) is 11.8 Å². The Morgan fingerprint density at radius 3 is 2.67 bits per heavy atom. The quantitative estimate of drug-likeness (QED) is 0.803. The molecule has 2 unspecified atom stereocenters. The number of nitrogens with one attached hydrogen (secondary N) is 1. The molecule has 1 aromatic rings. The van der Waals surface area contributed by atoms with Gasteiger partial charge in [0.15, 0.2) is 0 Å². The van der Waals surface area contributed by atoms with Crippen molar-refractivity contribution < 1.29 is 19.5 Å². The summed E-state index contributed by atoms with van der Waals surface area (Å²) in [7, 11) is 0. The van der Waals surface area contributed by atoms with Gasteiger partial charge in [0, 0.05) is 13.1 Å². The van der Waals surface area contributed by atoms with Crippen molar-refractivity contribution >= 4 is 17.8 Å². The Morgan fingerprint density at radius 2 is 2.05 bits per heavy atom. The van der Waals surface area contributed by atoms with E-state index >= 15 is 0 Å². The van der Waals surface area contributed by atoms with Crippen LogP contribution in [-0.4, -0.2) is 40.9 Å². The van der Waals surface area contributed by atoms with E-state index < -0.39 is 23.8 Å². The number of carboxylic acids is 1. The molecule has 21 heavy (non-hydrogen) atoms. The van der Waals surface area contributed by atoms with E-state index in [9.17, 15) is 14.4 Å². The zero-order chi connectivity index (χ0) is 15.6. The number of aryl methyl sites for hydroxylation is 1. The van der Waals surface area contributed by atoms with E-state index in [0.29, 0.717) is 13.1 Å². The molecule has 0 saturated carbocycles. The molecule has 0 radical (unpaired) electrons. The molecule has 6 nitrogen and oxygen atoms in total. The lowest BCUT2D eigenvalue weighted by Crippen LogP contribution is -2.54. The highest BCUT2D eigenvalue weighted by atomic mass is 16.4. The van der Waals surface area contributed by atoms with Gasteiger partial charge in [-0.3, -0.25) is 14.4 Å². The van der Waals surface area contributed by atoms with Gasteiger partial charge in [-0.1, -0.05) is 24.3 Å². The molecule has 0 aliphatic carbocycles. The van der Waals surface area contributed by atoms with Crippen LogP contribution in [0.4, 0.5) is 0 Å². The summed E-state index contributed by atoms with van der Waals surface area (Å²) in [6.07, 6.45) is 0. The van der Waals surface area contributed by atoms with Crippen molar-refractivity contribution in [1.29, 1.82) is 0 Å². The summed E-state index contributed by atoms with van der Waals surface area (Å²) in [6, 6.07) is 6.53. The summed E-state index contributed by atoms with van der Waals surface area (Å²) in [5.74, 6) is -3.16. The van der Waals surface area contributed by atoms with E-state index in [0.717, 1.165) is 11.1 Å². The number of aliphatic carboxylic acids is 1. The number of carbonyl (C=O) groups is 3. The first kappa shape index (κ1) is 15.0. The van der Waals surface area contributed by atoms with Crippen molar-refractivity contribution in [2.45, 2.75) is 19.9 Å². The molecule has 2 rings (SSSR count). The summed E-state index contributed by atoms with van der Waals surface area (Å²) < 4.78 is 0. The predicted molar refractivity (Wildman–Crippen MR) is 75.4 cm³/mol. The number of carbonyl (C=O) groups excluding carboxylic acids is 2. The van der Waals surface area contributed by atoms with E-state index in [2.05, 4.69) is 5.32 Å². The molecular formula is C15H18N2O4. The first-order valence-corrected chi connectivity index (χ1v) is 6.80. The fourth-order valence-corrected chi connectivity index (χ4v) is 2.46. The van der Waals surface area contributed by atoms with Gasteiger partial charge in [-0.2, -0.15) is 0 Å². The molecule has 1 saturated heterocycles. The van der Waals surface area contributed by atoms with Crippen LogP contribution in [0.3, 0.4) is 0 Å². The Morgan fingerprint density at radius 1 is 1.38 bits per heavy atom. The number of hydrogen-bond donors (Lipinski definition) is 2. The predicted octanol–water partition coefficient (Wildman–Crippen LogP) is 0.715. The Bertz CT molecular complexity index is 585. The lowest BCUT2D eigenvalue weighted by Gasteiger charge is -2.36. The SMILES string of the molecule is Cc1ccccc1C1C(=O)NCCN1C(=O)C(C)C(=O)O. The van der Waals surface area contributed by atoms with Crippen LogP contribution in [0.15, 0.2) is 24.3 Å². The van der Waals surface area contributed by atoms with E-state index in [-0.39, 0.29) is 5.91 Å². The highest BCUT2D eigenvalue weighted by molar-refractivity contribution is 5.99. The van der Waals surface area contributed by atoms with Crippen LogP contribution in [0.1, 0.15) is 24.1 Å². The molecule has 1 fully saturated rings. The van der Waals surface area contributed by atoms with E-state index in [1.165, 1.54) is 11.8 Å². The summed E-state index contributed by atoms with van der Waals surface area (Å²) in [5, 5.41) is 11.7. The van der Waals surface area contributed by atoms with Gasteiger partial charge in [-0.15, -0.1) is 0 Å². The van der Waals surface area contributed by atoms with Crippen molar-refractivity contribution in [2.75, 3.05) is 13.1 Å². The van der Waals surface area contributed by atoms with Crippen LogP contribution >= 0.6 is 0 Å². The highest BCUT2D eigenvalue weighted by Crippen LogP contribution is 2.27. The average molecular weight is 290 g/mol. The Kier molecular flexibility index (Phi) is 4.26. The Balaban J connectivity index is 2.39. The highest BCUT2D eigenvalue weighted by Gasteiger charge is 2.38. The molecule has 0 bridgehead atoms. The minimum Gasteiger partial charge on any atom is -0.481 e. The lowest BCUT2D eigenvalue weighted by atomic mass is 9.96. The maximum absolute atomic E-state index is 12.3. The number of benzene rings is 1. The number of carboxylic acid groups (broad SMARTS) is 1. The molecule has 1 aliphatic rings. The third kappa shape index (κ3) is 2.89. The number of amides is 2.